The number of piperidine rings is 1. The number of aliphatic hydroxyl groups is 1. The molecule has 4 heteroatoms. The van der Waals surface area contributed by atoms with Crippen molar-refractivity contribution in [1.29, 1.82) is 0 Å². The second-order valence-electron chi connectivity index (χ2n) is 5.83. The van der Waals surface area contributed by atoms with Gasteiger partial charge >= 0.3 is 0 Å². The largest absolute Gasteiger partial charge is 0.385 e. The molecule has 1 amide bonds. The molecule has 4 nitrogen and oxygen atoms in total. The summed E-state index contributed by atoms with van der Waals surface area (Å²) in [6, 6.07) is 6.17. The molecular weight excluding hydrogens is 240 g/mol. The van der Waals surface area contributed by atoms with E-state index in [0.717, 1.165) is 37.9 Å². The molecule has 1 saturated heterocycles. The number of amides is 1. The molecule has 102 valence electrons. The van der Waals surface area contributed by atoms with E-state index in [1.165, 1.54) is 11.1 Å². The smallest absolute Gasteiger partial charge is 0.210 e. The fourth-order valence-electron chi connectivity index (χ4n) is 3.06. The van der Waals surface area contributed by atoms with Crippen LogP contribution in [0.25, 0.3) is 0 Å². The number of benzene rings is 1. The van der Waals surface area contributed by atoms with Gasteiger partial charge in [0.2, 0.25) is 6.41 Å². The topological polar surface area (TPSA) is 43.8 Å². The normalized spacial score (nSPS) is 22.3. The molecule has 2 heterocycles. The Morgan fingerprint density at radius 2 is 1.89 bits per heavy atom. The van der Waals surface area contributed by atoms with Gasteiger partial charge in [0.1, 0.15) is 0 Å². The van der Waals surface area contributed by atoms with Crippen molar-refractivity contribution in [3.63, 3.8) is 0 Å². The predicted octanol–water partition coefficient (Wildman–Crippen LogP) is 1.07. The molecule has 0 aromatic heterocycles. The molecule has 0 spiro atoms. The lowest BCUT2D eigenvalue weighted by Gasteiger charge is -2.37. The molecule has 19 heavy (non-hydrogen) atoms. The third-order valence-corrected chi connectivity index (χ3v) is 4.45. The highest BCUT2D eigenvalue weighted by Gasteiger charge is 2.33. The summed E-state index contributed by atoms with van der Waals surface area (Å²) in [5.74, 6) is 0. The molecule has 1 fully saturated rings. The fourth-order valence-corrected chi connectivity index (χ4v) is 3.06. The van der Waals surface area contributed by atoms with Crippen LogP contribution in [-0.2, 0) is 23.5 Å². The van der Waals surface area contributed by atoms with Crippen LogP contribution in [0.3, 0.4) is 0 Å². The summed E-state index contributed by atoms with van der Waals surface area (Å²) >= 11 is 0. The highest BCUT2D eigenvalue weighted by molar-refractivity contribution is 5.51. The number of nitrogens with zero attached hydrogens (tertiary/aromatic N) is 2. The lowest BCUT2D eigenvalue weighted by Crippen LogP contribution is -2.40. The van der Waals surface area contributed by atoms with Gasteiger partial charge in [0, 0.05) is 26.2 Å². The number of carbonyl (C=O) groups is 1. The van der Waals surface area contributed by atoms with Crippen molar-refractivity contribution in [2.75, 3.05) is 20.1 Å². The maximum Gasteiger partial charge on any atom is 0.210 e. The highest BCUT2D eigenvalue weighted by atomic mass is 16.3. The van der Waals surface area contributed by atoms with Crippen molar-refractivity contribution in [1.82, 2.24) is 9.80 Å². The van der Waals surface area contributed by atoms with Crippen molar-refractivity contribution in [3.05, 3.63) is 34.9 Å². The Bertz CT molecular complexity index is 493. The van der Waals surface area contributed by atoms with Crippen molar-refractivity contribution >= 4 is 6.41 Å². The van der Waals surface area contributed by atoms with Crippen molar-refractivity contribution in [2.45, 2.75) is 31.5 Å². The van der Waals surface area contributed by atoms with E-state index in [2.05, 4.69) is 24.1 Å². The molecule has 0 saturated carbocycles. The minimum atomic E-state index is -0.698. The van der Waals surface area contributed by atoms with Gasteiger partial charge in [0.25, 0.3) is 0 Å². The first-order chi connectivity index (χ1) is 9.10. The average Bonchev–Trinajstić information content (AvgIpc) is 2.84. The predicted molar refractivity (Wildman–Crippen MR) is 72.4 cm³/mol. The lowest BCUT2D eigenvalue weighted by molar-refractivity contribution is -0.118. The van der Waals surface area contributed by atoms with Crippen LogP contribution in [0.2, 0.25) is 0 Å². The van der Waals surface area contributed by atoms with E-state index in [9.17, 15) is 9.90 Å². The Morgan fingerprint density at radius 1 is 1.21 bits per heavy atom. The van der Waals surface area contributed by atoms with Gasteiger partial charge in [0.15, 0.2) is 0 Å². The van der Waals surface area contributed by atoms with Crippen LogP contribution in [-0.4, -0.2) is 41.5 Å². The number of rotatable bonds is 2. The van der Waals surface area contributed by atoms with Crippen LogP contribution in [0.4, 0.5) is 0 Å². The molecular formula is C15H20N2O2. The summed E-state index contributed by atoms with van der Waals surface area (Å²) in [7, 11) is 2.09. The lowest BCUT2D eigenvalue weighted by atomic mass is 9.83. The molecule has 0 bridgehead atoms. The van der Waals surface area contributed by atoms with Gasteiger partial charge in [-0.25, -0.2) is 0 Å². The van der Waals surface area contributed by atoms with Crippen LogP contribution < -0.4 is 0 Å². The summed E-state index contributed by atoms with van der Waals surface area (Å²) in [6.07, 6.45) is 2.45. The number of hydrogen-bond acceptors (Lipinski definition) is 3. The average molecular weight is 260 g/mol. The first-order valence-electron chi connectivity index (χ1n) is 6.83. The van der Waals surface area contributed by atoms with Gasteiger partial charge in [0.05, 0.1) is 5.60 Å². The standard InChI is InChI=1S/C15H20N2O2/c1-16-6-4-15(19,5-7-16)14-3-2-12-9-17(11-18)10-13(12)8-14/h2-3,8,11,19H,4-7,9-10H2,1H3. The zero-order valence-electron chi connectivity index (χ0n) is 11.3. The third-order valence-electron chi connectivity index (χ3n) is 4.45. The van der Waals surface area contributed by atoms with E-state index in [1.807, 2.05) is 6.07 Å². The summed E-state index contributed by atoms with van der Waals surface area (Å²) in [4.78, 5) is 14.8. The van der Waals surface area contributed by atoms with Crippen LogP contribution >= 0.6 is 0 Å². The van der Waals surface area contributed by atoms with Crippen LogP contribution in [0.15, 0.2) is 18.2 Å². The van der Waals surface area contributed by atoms with Crippen molar-refractivity contribution in [3.8, 4) is 0 Å². The van der Waals surface area contributed by atoms with E-state index >= 15 is 0 Å². The summed E-state index contributed by atoms with van der Waals surface area (Å²) in [5, 5.41) is 10.8. The van der Waals surface area contributed by atoms with E-state index in [4.69, 9.17) is 0 Å². The fraction of sp³-hybridized carbons (Fsp3) is 0.533. The van der Waals surface area contributed by atoms with Crippen molar-refractivity contribution in [2.24, 2.45) is 0 Å². The molecule has 0 unspecified atom stereocenters. The minimum Gasteiger partial charge on any atom is -0.385 e. The quantitative estimate of drug-likeness (QED) is 0.809. The molecule has 0 atom stereocenters. The van der Waals surface area contributed by atoms with Crippen LogP contribution in [0.1, 0.15) is 29.5 Å². The second-order valence-corrected chi connectivity index (χ2v) is 5.83. The SMILES string of the molecule is CN1CCC(O)(c2ccc3c(c2)CN(C=O)C3)CC1. The van der Waals surface area contributed by atoms with Crippen molar-refractivity contribution < 1.29 is 9.90 Å². The monoisotopic (exact) mass is 260 g/mol. The van der Waals surface area contributed by atoms with Crippen LogP contribution in [0.5, 0.6) is 0 Å². The van der Waals surface area contributed by atoms with Gasteiger partial charge in [-0.1, -0.05) is 18.2 Å². The molecule has 0 radical (unpaired) electrons. The molecule has 1 aromatic rings. The maximum absolute atomic E-state index is 10.8. The Hall–Kier alpha value is -1.39. The Balaban J connectivity index is 1.85. The first kappa shape index (κ1) is 12.6. The number of fused-ring (bicyclic) bond motifs is 1. The van der Waals surface area contributed by atoms with Gasteiger partial charge < -0.3 is 14.9 Å². The molecule has 2 aliphatic rings. The van der Waals surface area contributed by atoms with Gasteiger partial charge in [-0.05, 0) is 36.6 Å². The van der Waals surface area contributed by atoms with E-state index in [-0.39, 0.29) is 0 Å². The van der Waals surface area contributed by atoms with E-state index in [0.29, 0.717) is 13.1 Å². The third kappa shape index (κ3) is 2.26. The Morgan fingerprint density at radius 3 is 2.58 bits per heavy atom. The zero-order valence-corrected chi connectivity index (χ0v) is 11.3. The molecule has 3 rings (SSSR count). The molecule has 2 aliphatic heterocycles. The van der Waals surface area contributed by atoms with Gasteiger partial charge in [-0.15, -0.1) is 0 Å². The molecule has 1 N–H and O–H groups in total. The summed E-state index contributed by atoms with van der Waals surface area (Å²) in [5.41, 5.74) is 2.69. The van der Waals surface area contributed by atoms with Gasteiger partial charge in [-0.2, -0.15) is 0 Å². The number of likely N-dealkylation sites (tertiary alicyclic amines) is 1. The number of carbonyl (C=O) groups excluding carboxylic acids is 1. The maximum atomic E-state index is 10.8. The minimum absolute atomic E-state index is 0.669. The molecule has 0 aliphatic carbocycles. The molecule has 1 aromatic carbocycles. The summed E-state index contributed by atoms with van der Waals surface area (Å²) < 4.78 is 0. The zero-order chi connectivity index (χ0) is 13.5. The highest BCUT2D eigenvalue weighted by Crippen LogP contribution is 2.34. The Kier molecular flexibility index (Phi) is 3.07. The van der Waals surface area contributed by atoms with E-state index in [1.54, 1.807) is 4.90 Å². The second kappa shape index (κ2) is 4.62. The Labute approximate surface area is 113 Å². The van der Waals surface area contributed by atoms with Gasteiger partial charge in [-0.3, -0.25) is 4.79 Å². The summed E-state index contributed by atoms with van der Waals surface area (Å²) in [6.45, 7) is 3.21. The van der Waals surface area contributed by atoms with E-state index < -0.39 is 5.60 Å². The number of hydrogen-bond donors (Lipinski definition) is 1. The van der Waals surface area contributed by atoms with Crippen LogP contribution in [0, 0.1) is 0 Å². The first-order valence-corrected chi connectivity index (χ1v) is 6.83.